The number of rotatable bonds is 4. The van der Waals surface area contributed by atoms with Crippen LogP contribution in [0.25, 0.3) is 0 Å². The molecular formula is C15H20N2O2. The maximum Gasteiger partial charge on any atom is 0.234 e. The van der Waals surface area contributed by atoms with Gasteiger partial charge in [0.25, 0.3) is 0 Å². The quantitative estimate of drug-likeness (QED) is 0.843. The topological polar surface area (TPSA) is 49.4 Å². The molecular weight excluding hydrogens is 240 g/mol. The van der Waals surface area contributed by atoms with Crippen LogP contribution in [0.15, 0.2) is 24.3 Å². The molecule has 1 aromatic rings. The van der Waals surface area contributed by atoms with Gasteiger partial charge in [0.1, 0.15) is 0 Å². The Morgan fingerprint density at radius 3 is 2.58 bits per heavy atom. The number of benzene rings is 1. The molecule has 19 heavy (non-hydrogen) atoms. The highest BCUT2D eigenvalue weighted by atomic mass is 16.2. The van der Waals surface area contributed by atoms with E-state index in [1.54, 1.807) is 0 Å². The zero-order chi connectivity index (χ0) is 13.8. The highest BCUT2D eigenvalue weighted by Crippen LogP contribution is 2.25. The van der Waals surface area contributed by atoms with Crippen molar-refractivity contribution < 1.29 is 9.59 Å². The van der Waals surface area contributed by atoms with Crippen molar-refractivity contribution in [3.63, 3.8) is 0 Å². The largest absolute Gasteiger partial charge is 0.313 e. The van der Waals surface area contributed by atoms with Crippen molar-refractivity contribution in [2.24, 2.45) is 5.92 Å². The average molecular weight is 260 g/mol. The molecule has 0 spiro atoms. The van der Waals surface area contributed by atoms with Crippen LogP contribution in [0.2, 0.25) is 0 Å². The first-order chi connectivity index (χ1) is 9.11. The van der Waals surface area contributed by atoms with Gasteiger partial charge in [-0.05, 0) is 30.2 Å². The molecule has 2 amide bonds. The Morgan fingerprint density at radius 2 is 1.95 bits per heavy atom. The van der Waals surface area contributed by atoms with E-state index in [-0.39, 0.29) is 17.7 Å². The summed E-state index contributed by atoms with van der Waals surface area (Å²) >= 11 is 0. The Bertz CT molecular complexity index is 467. The van der Waals surface area contributed by atoms with Crippen molar-refractivity contribution in [3.8, 4) is 0 Å². The van der Waals surface area contributed by atoms with Crippen molar-refractivity contribution in [1.82, 2.24) is 5.32 Å². The Balaban J connectivity index is 2.20. The minimum atomic E-state index is -0.0932. The number of nitrogens with one attached hydrogen (secondary N) is 1. The van der Waals surface area contributed by atoms with Crippen LogP contribution >= 0.6 is 0 Å². The van der Waals surface area contributed by atoms with Gasteiger partial charge in [-0.25, -0.2) is 0 Å². The number of carbonyl (C=O) groups is 2. The predicted molar refractivity (Wildman–Crippen MR) is 74.7 cm³/mol. The first kappa shape index (κ1) is 13.7. The minimum Gasteiger partial charge on any atom is -0.313 e. The molecule has 1 aliphatic rings. The first-order valence-electron chi connectivity index (χ1n) is 6.77. The Hall–Kier alpha value is -1.68. The normalized spacial score (nSPS) is 17.1. The molecule has 1 saturated heterocycles. The van der Waals surface area contributed by atoms with Gasteiger partial charge in [-0.1, -0.05) is 26.0 Å². The standard InChI is InChI=1S/C15H20N2O2/c1-3-16-10-12-5-4-6-13(9-12)17-14(18)7-11(2)8-15(17)19/h4-6,9,11,16H,3,7-8,10H2,1-2H3. The zero-order valence-corrected chi connectivity index (χ0v) is 11.5. The molecule has 0 saturated carbocycles. The smallest absolute Gasteiger partial charge is 0.234 e. The van der Waals surface area contributed by atoms with E-state index in [0.717, 1.165) is 18.7 Å². The van der Waals surface area contributed by atoms with E-state index >= 15 is 0 Å². The minimum absolute atomic E-state index is 0.0932. The Kier molecular flexibility index (Phi) is 4.32. The lowest BCUT2D eigenvalue weighted by Gasteiger charge is -2.28. The molecule has 1 aliphatic heterocycles. The molecule has 0 unspecified atom stereocenters. The van der Waals surface area contributed by atoms with Crippen molar-refractivity contribution in [1.29, 1.82) is 0 Å². The number of hydrogen-bond acceptors (Lipinski definition) is 3. The number of amides is 2. The lowest BCUT2D eigenvalue weighted by Crippen LogP contribution is -2.42. The van der Waals surface area contributed by atoms with Gasteiger partial charge in [0.05, 0.1) is 5.69 Å². The maximum absolute atomic E-state index is 12.0. The molecule has 0 aromatic heterocycles. The van der Waals surface area contributed by atoms with Crippen molar-refractivity contribution in [2.45, 2.75) is 33.2 Å². The lowest BCUT2D eigenvalue weighted by atomic mass is 9.97. The fourth-order valence-corrected chi connectivity index (χ4v) is 2.35. The molecule has 0 radical (unpaired) electrons. The second-order valence-corrected chi connectivity index (χ2v) is 5.09. The molecule has 0 atom stereocenters. The van der Waals surface area contributed by atoms with Gasteiger partial charge in [-0.3, -0.25) is 14.5 Å². The zero-order valence-electron chi connectivity index (χ0n) is 11.5. The second-order valence-electron chi connectivity index (χ2n) is 5.09. The van der Waals surface area contributed by atoms with Gasteiger partial charge in [-0.15, -0.1) is 0 Å². The van der Waals surface area contributed by atoms with Crippen LogP contribution in [-0.4, -0.2) is 18.4 Å². The van der Waals surface area contributed by atoms with E-state index < -0.39 is 0 Å². The average Bonchev–Trinajstić information content (AvgIpc) is 2.35. The summed E-state index contributed by atoms with van der Waals surface area (Å²) in [6.45, 7) is 5.62. The fraction of sp³-hybridized carbons (Fsp3) is 0.467. The number of nitrogens with zero attached hydrogens (tertiary/aromatic N) is 1. The predicted octanol–water partition coefficient (Wildman–Crippen LogP) is 2.09. The summed E-state index contributed by atoms with van der Waals surface area (Å²) in [7, 11) is 0. The fourth-order valence-electron chi connectivity index (χ4n) is 2.35. The molecule has 0 bridgehead atoms. The number of carbonyl (C=O) groups excluding carboxylic acids is 2. The second kappa shape index (κ2) is 5.97. The number of piperidine rings is 1. The van der Waals surface area contributed by atoms with Gasteiger partial charge >= 0.3 is 0 Å². The van der Waals surface area contributed by atoms with Crippen LogP contribution in [0.1, 0.15) is 32.3 Å². The Morgan fingerprint density at radius 1 is 1.26 bits per heavy atom. The van der Waals surface area contributed by atoms with E-state index in [9.17, 15) is 9.59 Å². The summed E-state index contributed by atoms with van der Waals surface area (Å²) in [6, 6.07) is 7.62. The van der Waals surface area contributed by atoms with Crippen LogP contribution in [-0.2, 0) is 16.1 Å². The molecule has 2 rings (SSSR count). The maximum atomic E-state index is 12.0. The van der Waals surface area contributed by atoms with Crippen LogP contribution < -0.4 is 10.2 Å². The molecule has 1 fully saturated rings. The summed E-state index contributed by atoms with van der Waals surface area (Å²) < 4.78 is 0. The van der Waals surface area contributed by atoms with E-state index in [0.29, 0.717) is 18.5 Å². The monoisotopic (exact) mass is 260 g/mol. The first-order valence-corrected chi connectivity index (χ1v) is 6.77. The molecule has 1 aromatic carbocycles. The highest BCUT2D eigenvalue weighted by Gasteiger charge is 2.31. The summed E-state index contributed by atoms with van der Waals surface area (Å²) in [6.07, 6.45) is 0.895. The molecule has 4 heteroatoms. The third-order valence-electron chi connectivity index (χ3n) is 3.29. The summed E-state index contributed by atoms with van der Waals surface area (Å²) in [5.41, 5.74) is 1.77. The molecule has 1 N–H and O–H groups in total. The summed E-state index contributed by atoms with van der Waals surface area (Å²) in [5.74, 6) is -0.0325. The van der Waals surface area contributed by atoms with E-state index in [1.165, 1.54) is 4.90 Å². The van der Waals surface area contributed by atoms with Gasteiger partial charge in [0, 0.05) is 19.4 Å². The summed E-state index contributed by atoms with van der Waals surface area (Å²) in [5, 5.41) is 3.24. The van der Waals surface area contributed by atoms with Crippen molar-refractivity contribution >= 4 is 17.5 Å². The SMILES string of the molecule is CCNCc1cccc(N2C(=O)CC(C)CC2=O)c1. The van der Waals surface area contributed by atoms with Crippen LogP contribution in [0, 0.1) is 5.92 Å². The molecule has 4 nitrogen and oxygen atoms in total. The highest BCUT2D eigenvalue weighted by molar-refractivity contribution is 6.16. The van der Waals surface area contributed by atoms with Gasteiger partial charge in [0.2, 0.25) is 11.8 Å². The van der Waals surface area contributed by atoms with Crippen LogP contribution in [0.4, 0.5) is 5.69 Å². The van der Waals surface area contributed by atoms with E-state index in [4.69, 9.17) is 0 Å². The van der Waals surface area contributed by atoms with Crippen LogP contribution in [0.3, 0.4) is 0 Å². The number of hydrogen-bond donors (Lipinski definition) is 1. The van der Waals surface area contributed by atoms with Gasteiger partial charge in [-0.2, -0.15) is 0 Å². The van der Waals surface area contributed by atoms with Crippen molar-refractivity contribution in [3.05, 3.63) is 29.8 Å². The van der Waals surface area contributed by atoms with E-state index in [1.807, 2.05) is 38.1 Å². The molecule has 102 valence electrons. The molecule has 0 aliphatic carbocycles. The Labute approximate surface area is 113 Å². The lowest BCUT2D eigenvalue weighted by molar-refractivity contribution is -0.130. The third kappa shape index (κ3) is 3.20. The van der Waals surface area contributed by atoms with Gasteiger partial charge in [0.15, 0.2) is 0 Å². The van der Waals surface area contributed by atoms with Gasteiger partial charge < -0.3 is 5.32 Å². The third-order valence-corrected chi connectivity index (χ3v) is 3.29. The van der Waals surface area contributed by atoms with E-state index in [2.05, 4.69) is 5.32 Å². The number of anilines is 1. The van der Waals surface area contributed by atoms with Crippen molar-refractivity contribution in [2.75, 3.05) is 11.4 Å². The molecule has 1 heterocycles. The number of imide groups is 1. The summed E-state index contributed by atoms with van der Waals surface area (Å²) in [4.78, 5) is 25.4. The van der Waals surface area contributed by atoms with Crippen LogP contribution in [0.5, 0.6) is 0 Å².